The maximum absolute atomic E-state index is 11.0. The van der Waals surface area contributed by atoms with Crippen LogP contribution in [-0.2, 0) is 14.6 Å². The number of ether oxygens (including phenoxy) is 1. The molecule has 4 heteroatoms. The normalized spacial score (nSPS) is 30.3. The molecule has 1 fully saturated rings. The molecule has 0 bridgehead atoms. The monoisotopic (exact) mass is 192 g/mol. The Morgan fingerprint density at radius 3 is 2.67 bits per heavy atom. The van der Waals surface area contributed by atoms with Crippen molar-refractivity contribution < 1.29 is 13.2 Å². The zero-order valence-corrected chi connectivity index (χ0v) is 8.43. The predicted octanol–water partition coefficient (Wildman–Crippen LogP) is 0.989. The smallest absolute Gasteiger partial charge is 0.152 e. The lowest BCUT2D eigenvalue weighted by atomic mass is 10.3. The van der Waals surface area contributed by atoms with Crippen molar-refractivity contribution in [2.45, 2.75) is 38.9 Å². The van der Waals surface area contributed by atoms with Crippen LogP contribution in [0.3, 0.4) is 0 Å². The van der Waals surface area contributed by atoms with Crippen LogP contribution in [0.4, 0.5) is 0 Å². The highest BCUT2D eigenvalue weighted by atomic mass is 32.2. The van der Waals surface area contributed by atoms with E-state index in [4.69, 9.17) is 4.74 Å². The van der Waals surface area contributed by atoms with Gasteiger partial charge in [-0.05, 0) is 19.8 Å². The number of sulfone groups is 1. The van der Waals surface area contributed by atoms with E-state index in [-0.39, 0.29) is 18.0 Å². The molecule has 1 rings (SSSR count). The number of hydrogen-bond donors (Lipinski definition) is 0. The largest absolute Gasteiger partial charge is 0.374 e. The number of hydrogen-bond acceptors (Lipinski definition) is 3. The van der Waals surface area contributed by atoms with Crippen LogP contribution in [0.5, 0.6) is 0 Å². The second-order valence-corrected chi connectivity index (χ2v) is 5.61. The molecule has 0 radical (unpaired) electrons. The molecule has 1 aliphatic heterocycles. The fourth-order valence-electron chi connectivity index (χ4n) is 1.29. The van der Waals surface area contributed by atoms with E-state index in [1.165, 1.54) is 0 Å². The molecule has 72 valence electrons. The van der Waals surface area contributed by atoms with E-state index in [1.807, 2.05) is 13.8 Å². The van der Waals surface area contributed by atoms with Gasteiger partial charge in [0.05, 0.1) is 23.7 Å². The summed E-state index contributed by atoms with van der Waals surface area (Å²) in [6.07, 6.45) is 1.75. The maximum atomic E-state index is 11.0. The zero-order valence-electron chi connectivity index (χ0n) is 7.62. The van der Waals surface area contributed by atoms with Crippen LogP contribution in [-0.4, -0.2) is 32.1 Å². The summed E-state index contributed by atoms with van der Waals surface area (Å²) in [5.41, 5.74) is 0. The molecule has 12 heavy (non-hydrogen) atoms. The highest BCUT2D eigenvalue weighted by molar-refractivity contribution is 7.91. The van der Waals surface area contributed by atoms with Crippen molar-refractivity contribution in [3.8, 4) is 0 Å². The highest BCUT2D eigenvalue weighted by Crippen LogP contribution is 2.16. The molecule has 0 spiro atoms. The van der Waals surface area contributed by atoms with Gasteiger partial charge >= 0.3 is 0 Å². The summed E-state index contributed by atoms with van der Waals surface area (Å²) in [6, 6.07) is 0. The number of rotatable bonds is 3. The zero-order chi connectivity index (χ0) is 9.19. The van der Waals surface area contributed by atoms with Crippen LogP contribution in [0.1, 0.15) is 26.7 Å². The molecule has 2 unspecified atom stereocenters. The Balaban J connectivity index is 2.38. The molecule has 2 atom stereocenters. The fourth-order valence-corrected chi connectivity index (χ4v) is 2.89. The Bertz CT molecular complexity index is 233. The minimum atomic E-state index is -2.77. The minimum Gasteiger partial charge on any atom is -0.374 e. The molecule has 0 amide bonds. The fraction of sp³-hybridized carbons (Fsp3) is 1.00. The van der Waals surface area contributed by atoms with Crippen LogP contribution >= 0.6 is 0 Å². The second-order valence-electron chi connectivity index (χ2n) is 3.38. The van der Waals surface area contributed by atoms with Gasteiger partial charge in [-0.1, -0.05) is 6.92 Å². The molecule has 0 aromatic carbocycles. The molecule has 0 N–H and O–H groups in total. The molecular weight excluding hydrogens is 176 g/mol. The summed E-state index contributed by atoms with van der Waals surface area (Å²) in [5, 5.41) is 0. The van der Waals surface area contributed by atoms with E-state index < -0.39 is 9.84 Å². The van der Waals surface area contributed by atoms with E-state index >= 15 is 0 Å². The molecule has 0 aromatic heterocycles. The van der Waals surface area contributed by atoms with Gasteiger partial charge in [0.15, 0.2) is 9.84 Å². The van der Waals surface area contributed by atoms with Gasteiger partial charge in [0.1, 0.15) is 0 Å². The summed E-state index contributed by atoms with van der Waals surface area (Å²) in [7, 11) is -2.77. The average Bonchev–Trinajstić information content (AvgIpc) is 2.30. The lowest BCUT2D eigenvalue weighted by molar-refractivity contribution is 0.0110. The van der Waals surface area contributed by atoms with Crippen molar-refractivity contribution in [1.29, 1.82) is 0 Å². The van der Waals surface area contributed by atoms with Gasteiger partial charge in [-0.25, -0.2) is 8.42 Å². The summed E-state index contributed by atoms with van der Waals surface area (Å²) >= 11 is 0. The first-order valence-electron chi connectivity index (χ1n) is 4.39. The van der Waals surface area contributed by atoms with Crippen LogP contribution in [0.2, 0.25) is 0 Å². The van der Waals surface area contributed by atoms with Gasteiger partial charge in [-0.3, -0.25) is 0 Å². The Hall–Kier alpha value is -0.0900. The lowest BCUT2D eigenvalue weighted by Gasteiger charge is -2.15. The first kappa shape index (κ1) is 9.99. The van der Waals surface area contributed by atoms with E-state index in [0.717, 1.165) is 6.42 Å². The van der Waals surface area contributed by atoms with Crippen molar-refractivity contribution in [1.82, 2.24) is 0 Å². The second kappa shape index (κ2) is 3.75. The summed E-state index contributed by atoms with van der Waals surface area (Å²) in [5.74, 6) is 0.519. The van der Waals surface area contributed by atoms with Crippen LogP contribution < -0.4 is 0 Å². The Labute approximate surface area is 74.0 Å². The first-order valence-corrected chi connectivity index (χ1v) is 6.21. The van der Waals surface area contributed by atoms with Crippen molar-refractivity contribution in [3.05, 3.63) is 0 Å². The van der Waals surface area contributed by atoms with Crippen LogP contribution in [0, 0.1) is 0 Å². The molecule has 1 heterocycles. The molecule has 0 aliphatic carbocycles. The van der Waals surface area contributed by atoms with Crippen LogP contribution in [0.15, 0.2) is 0 Å². The van der Waals surface area contributed by atoms with Gasteiger partial charge < -0.3 is 4.74 Å². The maximum Gasteiger partial charge on any atom is 0.152 e. The summed E-state index contributed by atoms with van der Waals surface area (Å²) in [6.45, 7) is 4.01. The quantitative estimate of drug-likeness (QED) is 0.669. The third-order valence-electron chi connectivity index (χ3n) is 2.19. The third kappa shape index (κ3) is 2.75. The SMILES string of the molecule is CCC(C)OC1CCS(=O)(=O)C1. The standard InChI is InChI=1S/C8H16O3S/c1-3-7(2)11-8-4-5-12(9,10)6-8/h7-8H,3-6H2,1-2H3. The molecular formula is C8H16O3S. The highest BCUT2D eigenvalue weighted by Gasteiger charge is 2.29. The topological polar surface area (TPSA) is 43.4 Å². The Morgan fingerprint density at radius 2 is 2.25 bits per heavy atom. The Kier molecular flexibility index (Phi) is 3.12. The van der Waals surface area contributed by atoms with Crippen LogP contribution in [0.25, 0.3) is 0 Å². The van der Waals surface area contributed by atoms with Gasteiger partial charge in [0.25, 0.3) is 0 Å². The van der Waals surface area contributed by atoms with Gasteiger partial charge in [-0.2, -0.15) is 0 Å². The Morgan fingerprint density at radius 1 is 1.58 bits per heavy atom. The third-order valence-corrected chi connectivity index (χ3v) is 3.93. The van der Waals surface area contributed by atoms with Gasteiger partial charge in [0, 0.05) is 0 Å². The van der Waals surface area contributed by atoms with E-state index in [2.05, 4.69) is 0 Å². The summed E-state index contributed by atoms with van der Waals surface area (Å²) < 4.78 is 27.6. The van der Waals surface area contributed by atoms with Crippen molar-refractivity contribution in [2.24, 2.45) is 0 Å². The van der Waals surface area contributed by atoms with Gasteiger partial charge in [-0.15, -0.1) is 0 Å². The van der Waals surface area contributed by atoms with Gasteiger partial charge in [0.2, 0.25) is 0 Å². The van der Waals surface area contributed by atoms with Crippen molar-refractivity contribution >= 4 is 9.84 Å². The first-order chi connectivity index (χ1) is 5.53. The lowest BCUT2D eigenvalue weighted by Crippen LogP contribution is -2.20. The molecule has 3 nitrogen and oxygen atoms in total. The van der Waals surface area contributed by atoms with Crippen molar-refractivity contribution in [3.63, 3.8) is 0 Å². The summed E-state index contributed by atoms with van der Waals surface area (Å²) in [4.78, 5) is 0. The molecule has 1 aliphatic rings. The van der Waals surface area contributed by atoms with E-state index in [9.17, 15) is 8.42 Å². The van der Waals surface area contributed by atoms with E-state index in [0.29, 0.717) is 12.2 Å². The minimum absolute atomic E-state index is 0.0510. The molecule has 0 aromatic rings. The van der Waals surface area contributed by atoms with E-state index in [1.54, 1.807) is 0 Å². The average molecular weight is 192 g/mol. The van der Waals surface area contributed by atoms with Crippen molar-refractivity contribution in [2.75, 3.05) is 11.5 Å². The molecule has 1 saturated heterocycles. The predicted molar refractivity (Wildman–Crippen MR) is 47.9 cm³/mol. The molecule has 0 saturated carbocycles.